The van der Waals surface area contributed by atoms with E-state index in [1.165, 1.54) is 11.8 Å². The van der Waals surface area contributed by atoms with Gasteiger partial charge in [0, 0.05) is 36.8 Å². The van der Waals surface area contributed by atoms with Crippen molar-refractivity contribution < 1.29 is 4.39 Å². The lowest BCUT2D eigenvalue weighted by atomic mass is 10.1. The standard InChI is InChI=1S/C15H18FN3/c1-10(2)15-18-13-9-17-7-6-14(13)19(15)12-5-3-4-11(16)8-12/h3-5,8,10,17H,6-7,9H2,1-2H3. The number of halogens is 1. The number of nitrogens with one attached hydrogen (secondary N) is 1. The van der Waals surface area contributed by atoms with Gasteiger partial charge in [0.25, 0.3) is 0 Å². The molecule has 100 valence electrons. The van der Waals surface area contributed by atoms with Crippen LogP contribution in [0.3, 0.4) is 0 Å². The summed E-state index contributed by atoms with van der Waals surface area (Å²) >= 11 is 0. The maximum absolute atomic E-state index is 13.5. The minimum absolute atomic E-state index is 0.205. The third-order valence-electron chi connectivity index (χ3n) is 3.50. The highest BCUT2D eigenvalue weighted by Crippen LogP contribution is 2.26. The van der Waals surface area contributed by atoms with E-state index in [1.807, 2.05) is 6.07 Å². The summed E-state index contributed by atoms with van der Waals surface area (Å²) in [5.41, 5.74) is 3.19. The molecule has 0 amide bonds. The van der Waals surface area contributed by atoms with E-state index in [9.17, 15) is 4.39 Å². The van der Waals surface area contributed by atoms with E-state index < -0.39 is 0 Å². The van der Waals surface area contributed by atoms with E-state index in [1.54, 1.807) is 12.1 Å². The molecular weight excluding hydrogens is 241 g/mol. The number of fused-ring (bicyclic) bond motifs is 1. The number of benzene rings is 1. The topological polar surface area (TPSA) is 29.9 Å². The van der Waals surface area contributed by atoms with Gasteiger partial charge in [0.2, 0.25) is 0 Å². The molecule has 2 aromatic rings. The summed E-state index contributed by atoms with van der Waals surface area (Å²) in [7, 11) is 0. The van der Waals surface area contributed by atoms with Crippen molar-refractivity contribution in [2.75, 3.05) is 6.54 Å². The molecule has 0 saturated heterocycles. The molecule has 3 rings (SSSR count). The van der Waals surface area contributed by atoms with Gasteiger partial charge < -0.3 is 9.88 Å². The normalized spacial score (nSPS) is 14.7. The monoisotopic (exact) mass is 259 g/mol. The van der Waals surface area contributed by atoms with Gasteiger partial charge in [-0.3, -0.25) is 0 Å². The molecule has 2 heterocycles. The van der Waals surface area contributed by atoms with Crippen molar-refractivity contribution in [2.24, 2.45) is 0 Å². The molecule has 0 radical (unpaired) electrons. The second-order valence-corrected chi connectivity index (χ2v) is 5.26. The average molecular weight is 259 g/mol. The Morgan fingerprint density at radius 2 is 2.21 bits per heavy atom. The summed E-state index contributed by atoms with van der Waals surface area (Å²) in [5, 5.41) is 3.33. The third-order valence-corrected chi connectivity index (χ3v) is 3.50. The molecule has 19 heavy (non-hydrogen) atoms. The fraction of sp³-hybridized carbons (Fsp3) is 0.400. The van der Waals surface area contributed by atoms with Crippen molar-refractivity contribution in [3.8, 4) is 5.69 Å². The first kappa shape index (κ1) is 12.4. The summed E-state index contributed by atoms with van der Waals surface area (Å²) in [4.78, 5) is 4.73. The Bertz CT molecular complexity index is 601. The largest absolute Gasteiger partial charge is 0.311 e. The van der Waals surface area contributed by atoms with Gasteiger partial charge in [-0.2, -0.15) is 0 Å². The smallest absolute Gasteiger partial charge is 0.125 e. The highest BCUT2D eigenvalue weighted by atomic mass is 19.1. The third kappa shape index (κ3) is 2.16. The maximum atomic E-state index is 13.5. The van der Waals surface area contributed by atoms with Crippen molar-refractivity contribution in [1.29, 1.82) is 0 Å². The first-order chi connectivity index (χ1) is 9.16. The molecule has 1 aliphatic heterocycles. The van der Waals surface area contributed by atoms with Gasteiger partial charge in [0.1, 0.15) is 11.6 Å². The summed E-state index contributed by atoms with van der Waals surface area (Å²) in [5.74, 6) is 1.12. The molecule has 0 fully saturated rings. The lowest BCUT2D eigenvalue weighted by Gasteiger charge is -2.17. The molecule has 4 heteroatoms. The van der Waals surface area contributed by atoms with Gasteiger partial charge in [-0.15, -0.1) is 0 Å². The van der Waals surface area contributed by atoms with Gasteiger partial charge in [-0.05, 0) is 18.2 Å². The predicted molar refractivity (Wildman–Crippen MR) is 73.0 cm³/mol. The number of hydrogen-bond donors (Lipinski definition) is 1. The van der Waals surface area contributed by atoms with E-state index in [4.69, 9.17) is 4.98 Å². The molecule has 1 aromatic heterocycles. The molecule has 0 atom stereocenters. The molecule has 1 aromatic carbocycles. The van der Waals surface area contributed by atoms with Crippen LogP contribution in [-0.4, -0.2) is 16.1 Å². The zero-order valence-electron chi connectivity index (χ0n) is 11.3. The van der Waals surface area contributed by atoms with E-state index in [0.29, 0.717) is 5.92 Å². The summed E-state index contributed by atoms with van der Waals surface area (Å²) in [6.45, 7) is 6.00. The van der Waals surface area contributed by atoms with Crippen LogP contribution in [0.5, 0.6) is 0 Å². The molecule has 3 nitrogen and oxygen atoms in total. The molecule has 1 N–H and O–H groups in total. The second kappa shape index (κ2) is 4.78. The molecule has 0 unspecified atom stereocenters. The van der Waals surface area contributed by atoms with E-state index in [-0.39, 0.29) is 5.82 Å². The summed E-state index contributed by atoms with van der Waals surface area (Å²) in [6.07, 6.45) is 0.936. The Morgan fingerprint density at radius 1 is 1.37 bits per heavy atom. The van der Waals surface area contributed by atoms with Gasteiger partial charge in [-0.25, -0.2) is 9.37 Å². The van der Waals surface area contributed by atoms with Crippen molar-refractivity contribution in [3.05, 3.63) is 47.3 Å². The van der Waals surface area contributed by atoms with E-state index >= 15 is 0 Å². The zero-order valence-corrected chi connectivity index (χ0v) is 11.3. The SMILES string of the molecule is CC(C)c1nc2c(n1-c1cccc(F)c1)CCNC2. The van der Waals surface area contributed by atoms with E-state index in [0.717, 1.165) is 36.7 Å². The van der Waals surface area contributed by atoms with Crippen LogP contribution in [0.4, 0.5) is 4.39 Å². The Morgan fingerprint density at radius 3 is 2.95 bits per heavy atom. The number of aromatic nitrogens is 2. The van der Waals surface area contributed by atoms with Crippen LogP contribution in [0.1, 0.15) is 37.0 Å². The van der Waals surface area contributed by atoms with Crippen LogP contribution in [-0.2, 0) is 13.0 Å². The highest BCUT2D eigenvalue weighted by molar-refractivity contribution is 5.39. The number of hydrogen-bond acceptors (Lipinski definition) is 2. The Kier molecular flexibility index (Phi) is 3.11. The highest BCUT2D eigenvalue weighted by Gasteiger charge is 2.22. The Hall–Kier alpha value is -1.68. The minimum Gasteiger partial charge on any atom is -0.311 e. The molecular formula is C15H18FN3. The predicted octanol–water partition coefficient (Wildman–Crippen LogP) is 2.78. The molecule has 1 aliphatic rings. The maximum Gasteiger partial charge on any atom is 0.125 e. The quantitative estimate of drug-likeness (QED) is 0.898. The zero-order chi connectivity index (χ0) is 13.4. The van der Waals surface area contributed by atoms with Gasteiger partial charge in [0.15, 0.2) is 0 Å². The van der Waals surface area contributed by atoms with Crippen molar-refractivity contribution in [2.45, 2.75) is 32.7 Å². The van der Waals surface area contributed by atoms with Crippen LogP contribution in [0.25, 0.3) is 5.69 Å². The first-order valence-corrected chi connectivity index (χ1v) is 6.74. The first-order valence-electron chi connectivity index (χ1n) is 6.74. The lowest BCUT2D eigenvalue weighted by molar-refractivity contribution is 0.614. The molecule has 0 bridgehead atoms. The summed E-state index contributed by atoms with van der Waals surface area (Å²) in [6, 6.07) is 6.75. The second-order valence-electron chi connectivity index (χ2n) is 5.26. The Balaban J connectivity index is 2.20. The van der Waals surface area contributed by atoms with Crippen LogP contribution < -0.4 is 5.32 Å². The fourth-order valence-electron chi connectivity index (χ4n) is 2.62. The van der Waals surface area contributed by atoms with Crippen molar-refractivity contribution >= 4 is 0 Å². The van der Waals surface area contributed by atoms with E-state index in [2.05, 4.69) is 23.7 Å². The number of rotatable bonds is 2. The Labute approximate surface area is 112 Å². The van der Waals surface area contributed by atoms with Crippen molar-refractivity contribution in [3.63, 3.8) is 0 Å². The average Bonchev–Trinajstić information content (AvgIpc) is 2.78. The lowest BCUT2D eigenvalue weighted by Crippen LogP contribution is -2.24. The van der Waals surface area contributed by atoms with Gasteiger partial charge >= 0.3 is 0 Å². The van der Waals surface area contributed by atoms with Gasteiger partial charge in [-0.1, -0.05) is 19.9 Å². The minimum atomic E-state index is -0.205. The summed E-state index contributed by atoms with van der Waals surface area (Å²) < 4.78 is 15.6. The van der Waals surface area contributed by atoms with Crippen molar-refractivity contribution in [1.82, 2.24) is 14.9 Å². The van der Waals surface area contributed by atoms with Crippen LogP contribution in [0.15, 0.2) is 24.3 Å². The van der Waals surface area contributed by atoms with Crippen LogP contribution in [0, 0.1) is 5.82 Å². The number of nitrogens with zero attached hydrogens (tertiary/aromatic N) is 2. The molecule has 0 saturated carbocycles. The van der Waals surface area contributed by atoms with Gasteiger partial charge in [0.05, 0.1) is 5.69 Å². The van der Waals surface area contributed by atoms with Crippen LogP contribution in [0.2, 0.25) is 0 Å². The number of imidazole rings is 1. The molecule has 0 aliphatic carbocycles. The fourth-order valence-corrected chi connectivity index (χ4v) is 2.62. The molecule has 0 spiro atoms. The van der Waals surface area contributed by atoms with Crippen LogP contribution >= 0.6 is 0 Å².